The molecule has 2 atom stereocenters. The van der Waals surface area contributed by atoms with Crippen molar-refractivity contribution >= 4 is 39.1 Å². The standard InChI is InChI=1S/C11H21BrCl2O/c1-11(2,3)5-4-6-15-10(8-14)9(12)7-13/h9-10H,4-8H2,1-3H3. The maximum absolute atomic E-state index is 5.80. The van der Waals surface area contributed by atoms with Crippen LogP contribution in [0.2, 0.25) is 0 Å². The minimum atomic E-state index is 0.0177. The van der Waals surface area contributed by atoms with Gasteiger partial charge in [0.05, 0.1) is 10.9 Å². The number of hydrogen-bond donors (Lipinski definition) is 0. The largest absolute Gasteiger partial charge is 0.376 e. The molecule has 0 N–H and O–H groups in total. The summed E-state index contributed by atoms with van der Waals surface area (Å²) in [7, 11) is 0. The molecule has 0 saturated heterocycles. The van der Waals surface area contributed by atoms with Gasteiger partial charge in [-0.15, -0.1) is 23.2 Å². The highest BCUT2D eigenvalue weighted by molar-refractivity contribution is 9.09. The van der Waals surface area contributed by atoms with Crippen LogP contribution in [0.25, 0.3) is 0 Å². The van der Waals surface area contributed by atoms with Crippen LogP contribution in [-0.2, 0) is 4.74 Å². The van der Waals surface area contributed by atoms with Gasteiger partial charge in [0, 0.05) is 18.4 Å². The highest BCUT2D eigenvalue weighted by Gasteiger charge is 2.18. The zero-order valence-corrected chi connectivity index (χ0v) is 12.8. The topological polar surface area (TPSA) is 9.23 Å². The van der Waals surface area contributed by atoms with E-state index in [1.165, 1.54) is 0 Å². The predicted molar refractivity (Wildman–Crippen MR) is 72.6 cm³/mol. The van der Waals surface area contributed by atoms with E-state index in [9.17, 15) is 0 Å². The van der Waals surface area contributed by atoms with Gasteiger partial charge in [0.15, 0.2) is 0 Å². The molecule has 0 aromatic heterocycles. The van der Waals surface area contributed by atoms with Crippen molar-refractivity contribution in [3.8, 4) is 0 Å². The summed E-state index contributed by atoms with van der Waals surface area (Å²) >= 11 is 15.0. The van der Waals surface area contributed by atoms with Gasteiger partial charge >= 0.3 is 0 Å². The summed E-state index contributed by atoms with van der Waals surface area (Å²) in [5.41, 5.74) is 0.375. The Labute approximate surface area is 112 Å². The van der Waals surface area contributed by atoms with Gasteiger partial charge in [0.2, 0.25) is 0 Å². The summed E-state index contributed by atoms with van der Waals surface area (Å²) in [6.07, 6.45) is 2.25. The molecule has 0 radical (unpaired) electrons. The Balaban J connectivity index is 3.64. The number of hydrogen-bond acceptors (Lipinski definition) is 1. The molecule has 0 heterocycles. The molecule has 92 valence electrons. The molecule has 0 rings (SSSR count). The lowest BCUT2D eigenvalue weighted by atomic mass is 9.91. The Morgan fingerprint density at radius 3 is 2.20 bits per heavy atom. The first-order chi connectivity index (χ1) is 6.90. The molecule has 0 bridgehead atoms. The van der Waals surface area contributed by atoms with E-state index in [1.54, 1.807) is 0 Å². The van der Waals surface area contributed by atoms with Crippen LogP contribution in [0.1, 0.15) is 33.6 Å². The first-order valence-corrected chi connectivity index (χ1v) is 7.27. The van der Waals surface area contributed by atoms with Crippen molar-refractivity contribution in [1.82, 2.24) is 0 Å². The lowest BCUT2D eigenvalue weighted by Gasteiger charge is -2.21. The summed E-state index contributed by atoms with van der Waals surface area (Å²) in [5.74, 6) is 1.01. The Hall–Kier alpha value is 1.02. The summed E-state index contributed by atoms with van der Waals surface area (Å²) in [4.78, 5) is 0.145. The van der Waals surface area contributed by atoms with E-state index in [-0.39, 0.29) is 10.9 Å². The van der Waals surface area contributed by atoms with Crippen LogP contribution in [-0.4, -0.2) is 29.3 Å². The van der Waals surface area contributed by atoms with Gasteiger partial charge in [0.1, 0.15) is 0 Å². The molecule has 0 spiro atoms. The SMILES string of the molecule is CC(C)(C)CCCOC(CCl)C(Br)CCl. The highest BCUT2D eigenvalue weighted by atomic mass is 79.9. The molecule has 0 fully saturated rings. The van der Waals surface area contributed by atoms with Crippen LogP contribution in [0.5, 0.6) is 0 Å². The van der Waals surface area contributed by atoms with Gasteiger partial charge in [-0.1, -0.05) is 36.7 Å². The van der Waals surface area contributed by atoms with Crippen molar-refractivity contribution in [1.29, 1.82) is 0 Å². The van der Waals surface area contributed by atoms with Crippen LogP contribution in [0.4, 0.5) is 0 Å². The second-order valence-electron chi connectivity index (χ2n) is 4.90. The zero-order valence-electron chi connectivity index (χ0n) is 9.73. The molecular weight excluding hydrogens is 299 g/mol. The van der Waals surface area contributed by atoms with Crippen LogP contribution in [0, 0.1) is 5.41 Å². The first-order valence-electron chi connectivity index (χ1n) is 5.28. The smallest absolute Gasteiger partial charge is 0.0846 e. The molecule has 4 heteroatoms. The van der Waals surface area contributed by atoms with E-state index < -0.39 is 0 Å². The molecule has 0 aliphatic carbocycles. The third-order valence-corrected chi connectivity index (χ3v) is 4.03. The Morgan fingerprint density at radius 1 is 1.20 bits per heavy atom. The van der Waals surface area contributed by atoms with Gasteiger partial charge in [-0.2, -0.15) is 0 Å². The number of ether oxygens (including phenoxy) is 1. The van der Waals surface area contributed by atoms with Crippen molar-refractivity contribution in [2.75, 3.05) is 18.4 Å². The number of rotatable bonds is 7. The quantitative estimate of drug-likeness (QED) is 0.498. The van der Waals surface area contributed by atoms with Gasteiger partial charge in [-0.05, 0) is 18.3 Å². The molecule has 1 nitrogen and oxygen atoms in total. The van der Waals surface area contributed by atoms with Gasteiger partial charge < -0.3 is 4.74 Å². The van der Waals surface area contributed by atoms with E-state index in [1.807, 2.05) is 0 Å². The van der Waals surface area contributed by atoms with E-state index >= 15 is 0 Å². The van der Waals surface area contributed by atoms with E-state index in [2.05, 4.69) is 36.7 Å². The highest BCUT2D eigenvalue weighted by Crippen LogP contribution is 2.21. The van der Waals surface area contributed by atoms with Crippen LogP contribution < -0.4 is 0 Å². The van der Waals surface area contributed by atoms with E-state index in [4.69, 9.17) is 27.9 Å². The average molecular weight is 320 g/mol. The minimum absolute atomic E-state index is 0.0177. The molecule has 0 amide bonds. The molecular formula is C11H21BrCl2O. The van der Waals surface area contributed by atoms with Crippen molar-refractivity contribution in [2.24, 2.45) is 5.41 Å². The monoisotopic (exact) mass is 318 g/mol. The van der Waals surface area contributed by atoms with E-state index in [0.717, 1.165) is 19.4 Å². The van der Waals surface area contributed by atoms with Gasteiger partial charge in [0.25, 0.3) is 0 Å². The van der Waals surface area contributed by atoms with Crippen molar-refractivity contribution in [3.63, 3.8) is 0 Å². The Kier molecular flexibility index (Phi) is 8.72. The average Bonchev–Trinajstić information content (AvgIpc) is 2.15. The normalized spacial score (nSPS) is 16.4. The second kappa shape index (κ2) is 8.16. The molecule has 0 saturated carbocycles. The lowest BCUT2D eigenvalue weighted by Crippen LogP contribution is -2.28. The van der Waals surface area contributed by atoms with Gasteiger partial charge in [-0.25, -0.2) is 0 Å². The minimum Gasteiger partial charge on any atom is -0.376 e. The molecule has 0 aromatic carbocycles. The number of halogens is 3. The lowest BCUT2D eigenvalue weighted by molar-refractivity contribution is 0.0639. The molecule has 0 aliphatic heterocycles. The molecule has 0 aliphatic rings. The fourth-order valence-electron chi connectivity index (χ4n) is 1.18. The third-order valence-electron chi connectivity index (χ3n) is 2.11. The molecule has 15 heavy (non-hydrogen) atoms. The zero-order chi connectivity index (χ0) is 11.9. The predicted octanol–water partition coefficient (Wildman–Crippen LogP) is 4.44. The summed E-state index contributed by atoms with van der Waals surface area (Å²) in [6.45, 7) is 7.46. The number of alkyl halides is 3. The van der Waals surface area contributed by atoms with E-state index in [0.29, 0.717) is 17.2 Å². The van der Waals surface area contributed by atoms with Gasteiger partial charge in [-0.3, -0.25) is 0 Å². The fourth-order valence-corrected chi connectivity index (χ4v) is 2.24. The third kappa shape index (κ3) is 8.79. The maximum Gasteiger partial charge on any atom is 0.0846 e. The second-order valence-corrected chi connectivity index (χ2v) is 6.69. The van der Waals surface area contributed by atoms with Crippen LogP contribution in [0.15, 0.2) is 0 Å². The van der Waals surface area contributed by atoms with Crippen LogP contribution >= 0.6 is 39.1 Å². The van der Waals surface area contributed by atoms with Crippen molar-refractivity contribution in [3.05, 3.63) is 0 Å². The molecule has 0 aromatic rings. The Morgan fingerprint density at radius 2 is 1.80 bits per heavy atom. The van der Waals surface area contributed by atoms with Crippen molar-refractivity contribution < 1.29 is 4.74 Å². The fraction of sp³-hybridized carbons (Fsp3) is 1.00. The van der Waals surface area contributed by atoms with Crippen LogP contribution in [0.3, 0.4) is 0 Å². The maximum atomic E-state index is 5.80. The summed E-state index contributed by atoms with van der Waals surface area (Å²) < 4.78 is 5.68. The summed E-state index contributed by atoms with van der Waals surface area (Å²) in [5, 5.41) is 0. The molecule has 2 unspecified atom stereocenters. The Bertz CT molecular complexity index is 159. The summed E-state index contributed by atoms with van der Waals surface area (Å²) in [6, 6.07) is 0. The van der Waals surface area contributed by atoms with Crippen molar-refractivity contribution in [2.45, 2.75) is 44.5 Å². The first kappa shape index (κ1) is 16.0.